The molecule has 0 aromatic carbocycles. The lowest BCUT2D eigenvalue weighted by molar-refractivity contribution is 0.0520. The Hall–Kier alpha value is -1.34. The average molecular weight is 232 g/mol. The van der Waals surface area contributed by atoms with Crippen LogP contribution in [0.1, 0.15) is 17.4 Å². The van der Waals surface area contributed by atoms with Gasteiger partial charge >= 0.3 is 5.97 Å². The van der Waals surface area contributed by atoms with E-state index in [1.807, 2.05) is 0 Å². The Kier molecular flexibility index (Phi) is 3.48. The van der Waals surface area contributed by atoms with Gasteiger partial charge in [-0.25, -0.2) is 13.2 Å². The lowest BCUT2D eigenvalue weighted by Crippen LogP contribution is -2.13. The Balaban J connectivity index is 2.95. The highest BCUT2D eigenvalue weighted by Gasteiger charge is 2.17. The van der Waals surface area contributed by atoms with Crippen molar-refractivity contribution in [3.05, 3.63) is 18.0 Å². The number of esters is 1. The molecule has 0 aliphatic carbocycles. The minimum Gasteiger partial charge on any atom is -0.461 e. The minimum atomic E-state index is -3.49. The van der Waals surface area contributed by atoms with Crippen LogP contribution in [-0.2, 0) is 14.6 Å². The van der Waals surface area contributed by atoms with Gasteiger partial charge in [-0.1, -0.05) is 0 Å². The second-order valence-electron chi connectivity index (χ2n) is 2.75. The van der Waals surface area contributed by atoms with Gasteiger partial charge in [0.25, 0.3) is 0 Å². The van der Waals surface area contributed by atoms with Gasteiger partial charge in [-0.15, -0.1) is 0 Å². The predicted octanol–water partition coefficient (Wildman–Crippen LogP) is -0.119. The molecule has 0 saturated heterocycles. The quantitative estimate of drug-likeness (QED) is 0.704. The SMILES string of the molecule is CCOC(=O)c1cc(S(=O)(=O)CN)c[nH]1. The third-order valence-electron chi connectivity index (χ3n) is 1.73. The molecular formula is C8H12N2O4S. The van der Waals surface area contributed by atoms with Gasteiger partial charge in [0, 0.05) is 6.20 Å². The van der Waals surface area contributed by atoms with Crippen LogP contribution in [0.5, 0.6) is 0 Å². The van der Waals surface area contributed by atoms with Crippen LogP contribution in [0.4, 0.5) is 0 Å². The summed E-state index contributed by atoms with van der Waals surface area (Å²) in [5.74, 6) is -1.08. The Bertz CT molecular complexity index is 449. The summed E-state index contributed by atoms with van der Waals surface area (Å²) in [6.07, 6.45) is 1.22. The fourth-order valence-electron chi connectivity index (χ4n) is 0.977. The van der Waals surface area contributed by atoms with Crippen LogP contribution in [0.2, 0.25) is 0 Å². The molecule has 0 aliphatic rings. The van der Waals surface area contributed by atoms with E-state index in [2.05, 4.69) is 4.98 Å². The third kappa shape index (κ3) is 2.57. The Morgan fingerprint density at radius 1 is 1.60 bits per heavy atom. The molecule has 1 aromatic heterocycles. The van der Waals surface area contributed by atoms with Crippen molar-refractivity contribution in [1.82, 2.24) is 4.98 Å². The van der Waals surface area contributed by atoms with Crippen molar-refractivity contribution >= 4 is 15.8 Å². The van der Waals surface area contributed by atoms with Crippen LogP contribution in [0, 0.1) is 0 Å². The van der Waals surface area contributed by atoms with Crippen LogP contribution in [-0.4, -0.2) is 31.9 Å². The second-order valence-corrected chi connectivity index (χ2v) is 4.79. The summed E-state index contributed by atoms with van der Waals surface area (Å²) in [5, 5.41) is 0. The van der Waals surface area contributed by atoms with E-state index in [1.165, 1.54) is 12.3 Å². The van der Waals surface area contributed by atoms with E-state index in [0.717, 1.165) is 0 Å². The number of ether oxygens (including phenoxy) is 1. The van der Waals surface area contributed by atoms with Gasteiger partial charge in [0.1, 0.15) is 11.6 Å². The third-order valence-corrected chi connectivity index (χ3v) is 3.12. The fraction of sp³-hybridized carbons (Fsp3) is 0.375. The number of hydrogen-bond donors (Lipinski definition) is 2. The molecule has 15 heavy (non-hydrogen) atoms. The van der Waals surface area contributed by atoms with Gasteiger partial charge in [0.15, 0.2) is 9.84 Å². The highest BCUT2D eigenvalue weighted by molar-refractivity contribution is 7.91. The molecular weight excluding hydrogens is 220 g/mol. The maximum atomic E-state index is 11.3. The molecule has 0 bridgehead atoms. The summed E-state index contributed by atoms with van der Waals surface area (Å²) in [4.78, 5) is 13.7. The number of rotatable bonds is 4. The molecule has 1 heterocycles. The first kappa shape index (κ1) is 11.7. The van der Waals surface area contributed by atoms with Crippen molar-refractivity contribution in [2.45, 2.75) is 11.8 Å². The first-order valence-corrected chi connectivity index (χ1v) is 5.95. The highest BCUT2D eigenvalue weighted by Crippen LogP contribution is 2.12. The minimum absolute atomic E-state index is 0.00643. The molecule has 0 aliphatic heterocycles. The van der Waals surface area contributed by atoms with E-state index in [9.17, 15) is 13.2 Å². The van der Waals surface area contributed by atoms with Crippen molar-refractivity contribution in [3.63, 3.8) is 0 Å². The smallest absolute Gasteiger partial charge is 0.354 e. The van der Waals surface area contributed by atoms with Gasteiger partial charge in [0.05, 0.1) is 11.5 Å². The Morgan fingerprint density at radius 3 is 2.80 bits per heavy atom. The normalized spacial score (nSPS) is 11.3. The van der Waals surface area contributed by atoms with Crippen molar-refractivity contribution in [2.75, 3.05) is 12.5 Å². The molecule has 0 spiro atoms. The molecule has 3 N–H and O–H groups in total. The standard InChI is InChI=1S/C8H12N2O4S/c1-2-14-8(11)7-3-6(4-10-7)15(12,13)5-9/h3-4,10H,2,5,9H2,1H3. The lowest BCUT2D eigenvalue weighted by atomic mass is 10.4. The van der Waals surface area contributed by atoms with Crippen LogP contribution in [0.15, 0.2) is 17.2 Å². The number of carbonyl (C=O) groups is 1. The number of aromatic nitrogens is 1. The first-order valence-electron chi connectivity index (χ1n) is 4.29. The lowest BCUT2D eigenvalue weighted by Gasteiger charge is -1.97. The van der Waals surface area contributed by atoms with Crippen molar-refractivity contribution in [2.24, 2.45) is 5.73 Å². The molecule has 0 radical (unpaired) electrons. The molecule has 6 nitrogen and oxygen atoms in total. The van der Waals surface area contributed by atoms with Gasteiger partial charge in [-0.3, -0.25) is 0 Å². The molecule has 1 rings (SSSR count). The van der Waals surface area contributed by atoms with Crippen molar-refractivity contribution in [1.29, 1.82) is 0 Å². The maximum absolute atomic E-state index is 11.3. The van der Waals surface area contributed by atoms with E-state index in [1.54, 1.807) is 6.92 Å². The molecule has 0 fully saturated rings. The van der Waals surface area contributed by atoms with Crippen LogP contribution < -0.4 is 5.73 Å². The van der Waals surface area contributed by atoms with Gasteiger partial charge in [0.2, 0.25) is 0 Å². The number of nitrogens with one attached hydrogen (secondary N) is 1. The number of sulfone groups is 1. The number of H-pyrrole nitrogens is 1. The van der Waals surface area contributed by atoms with E-state index >= 15 is 0 Å². The summed E-state index contributed by atoms with van der Waals surface area (Å²) in [7, 11) is -3.49. The van der Waals surface area contributed by atoms with Gasteiger partial charge in [-0.2, -0.15) is 0 Å². The summed E-state index contributed by atoms with van der Waals surface area (Å²) in [5.41, 5.74) is 5.17. The number of hydrogen-bond acceptors (Lipinski definition) is 5. The fourth-order valence-corrected chi connectivity index (χ4v) is 1.71. The van der Waals surface area contributed by atoms with E-state index in [4.69, 9.17) is 10.5 Å². The maximum Gasteiger partial charge on any atom is 0.354 e. The Morgan fingerprint density at radius 2 is 2.27 bits per heavy atom. The summed E-state index contributed by atoms with van der Waals surface area (Å²) in [6, 6.07) is 1.21. The molecule has 7 heteroatoms. The zero-order chi connectivity index (χ0) is 11.5. The number of aromatic amines is 1. The van der Waals surface area contributed by atoms with E-state index in [0.29, 0.717) is 0 Å². The van der Waals surface area contributed by atoms with E-state index in [-0.39, 0.29) is 17.2 Å². The molecule has 0 unspecified atom stereocenters. The van der Waals surface area contributed by atoms with E-state index < -0.39 is 21.7 Å². The van der Waals surface area contributed by atoms with Crippen LogP contribution in [0.3, 0.4) is 0 Å². The summed E-state index contributed by atoms with van der Waals surface area (Å²) in [6.45, 7) is 1.90. The molecule has 1 aromatic rings. The topological polar surface area (TPSA) is 102 Å². The van der Waals surface area contributed by atoms with Gasteiger partial charge in [-0.05, 0) is 13.0 Å². The summed E-state index contributed by atoms with van der Waals surface area (Å²) < 4.78 is 27.3. The monoisotopic (exact) mass is 232 g/mol. The molecule has 84 valence electrons. The average Bonchev–Trinajstić information content (AvgIpc) is 2.67. The van der Waals surface area contributed by atoms with Crippen LogP contribution in [0.25, 0.3) is 0 Å². The predicted molar refractivity (Wildman–Crippen MR) is 53.0 cm³/mol. The van der Waals surface area contributed by atoms with Crippen molar-refractivity contribution < 1.29 is 17.9 Å². The van der Waals surface area contributed by atoms with Crippen molar-refractivity contribution in [3.8, 4) is 0 Å². The molecule has 0 saturated carbocycles. The molecule has 0 atom stereocenters. The zero-order valence-corrected chi connectivity index (χ0v) is 9.00. The Labute approximate surface area is 87.3 Å². The second kappa shape index (κ2) is 4.45. The number of nitrogens with two attached hydrogens (primary N) is 1. The first-order chi connectivity index (χ1) is 7.01. The molecule has 0 amide bonds. The van der Waals surface area contributed by atoms with Crippen LogP contribution >= 0.6 is 0 Å². The zero-order valence-electron chi connectivity index (χ0n) is 8.19. The summed E-state index contributed by atoms with van der Waals surface area (Å²) >= 11 is 0. The van der Waals surface area contributed by atoms with Gasteiger partial charge < -0.3 is 15.5 Å². The largest absolute Gasteiger partial charge is 0.461 e. The number of carbonyl (C=O) groups excluding carboxylic acids is 1. The highest BCUT2D eigenvalue weighted by atomic mass is 32.2.